The molecule has 2 aliphatic carbocycles. The summed E-state index contributed by atoms with van der Waals surface area (Å²) in [5, 5.41) is 9.89. The van der Waals surface area contributed by atoms with Gasteiger partial charge < -0.3 is 14.6 Å². The molecule has 0 aromatic carbocycles. The van der Waals surface area contributed by atoms with Crippen molar-refractivity contribution < 1.29 is 24.2 Å². The van der Waals surface area contributed by atoms with Crippen LogP contribution in [0.2, 0.25) is 0 Å². The highest BCUT2D eigenvalue weighted by Crippen LogP contribution is 2.62. The van der Waals surface area contributed by atoms with Gasteiger partial charge in [0.05, 0.1) is 5.41 Å². The van der Waals surface area contributed by atoms with Crippen LogP contribution in [0.1, 0.15) is 58.8 Å². The fraction of sp³-hybridized carbons (Fsp3) is 0.714. The molecule has 0 saturated heterocycles. The Bertz CT molecular complexity index is 651. The third-order valence-electron chi connectivity index (χ3n) is 7.27. The van der Waals surface area contributed by atoms with E-state index in [1.54, 1.807) is 6.08 Å². The van der Waals surface area contributed by atoms with E-state index < -0.39 is 17.7 Å². The zero-order valence-corrected chi connectivity index (χ0v) is 16.0. The number of fused-ring (bicyclic) bond motifs is 1. The Morgan fingerprint density at radius 2 is 2.15 bits per heavy atom. The van der Waals surface area contributed by atoms with E-state index in [9.17, 15) is 14.7 Å². The van der Waals surface area contributed by atoms with Crippen molar-refractivity contribution in [1.29, 1.82) is 0 Å². The van der Waals surface area contributed by atoms with E-state index in [2.05, 4.69) is 13.5 Å². The second-order valence-electron chi connectivity index (χ2n) is 8.62. The Morgan fingerprint density at radius 3 is 2.77 bits per heavy atom. The van der Waals surface area contributed by atoms with Gasteiger partial charge in [0.15, 0.2) is 0 Å². The van der Waals surface area contributed by atoms with Crippen molar-refractivity contribution in [3.05, 3.63) is 23.8 Å². The molecule has 0 spiro atoms. The Labute approximate surface area is 155 Å². The average molecular weight is 362 g/mol. The van der Waals surface area contributed by atoms with Crippen molar-refractivity contribution in [2.75, 3.05) is 7.11 Å². The van der Waals surface area contributed by atoms with Crippen LogP contribution in [0.4, 0.5) is 0 Å². The fourth-order valence-corrected chi connectivity index (χ4v) is 5.79. The number of hydrogen-bond acceptors (Lipinski definition) is 4. The zero-order valence-electron chi connectivity index (χ0n) is 16.0. The summed E-state index contributed by atoms with van der Waals surface area (Å²) in [6, 6.07) is 0. The molecule has 3 rings (SSSR count). The molecular weight excluding hydrogens is 332 g/mol. The van der Waals surface area contributed by atoms with Crippen LogP contribution in [-0.2, 0) is 19.1 Å². The lowest BCUT2D eigenvalue weighted by Gasteiger charge is -2.57. The summed E-state index contributed by atoms with van der Waals surface area (Å²) in [4.78, 5) is 24.0. The van der Waals surface area contributed by atoms with Gasteiger partial charge in [-0.15, -0.1) is 0 Å². The molecule has 144 valence electrons. The van der Waals surface area contributed by atoms with E-state index in [1.807, 2.05) is 6.92 Å². The maximum Gasteiger partial charge on any atom is 0.336 e. The summed E-state index contributed by atoms with van der Waals surface area (Å²) in [6.45, 7) is 8.47. The van der Waals surface area contributed by atoms with E-state index in [0.29, 0.717) is 12.0 Å². The number of carbonyl (C=O) groups excluding carboxylic acids is 1. The SMILES string of the molecule is C=C1CC[C@H]2[C@@](C)(CCC[C@@]2(C)C(=O)O)[C@@H]1CCC1=CC(OC)OC1=O. The molecule has 5 nitrogen and oxygen atoms in total. The van der Waals surface area contributed by atoms with Crippen molar-refractivity contribution in [2.45, 2.75) is 65.1 Å². The number of esters is 1. The molecule has 26 heavy (non-hydrogen) atoms. The van der Waals surface area contributed by atoms with Crippen LogP contribution in [0.15, 0.2) is 23.8 Å². The monoisotopic (exact) mass is 362 g/mol. The second-order valence-corrected chi connectivity index (χ2v) is 8.62. The topological polar surface area (TPSA) is 72.8 Å². The maximum atomic E-state index is 12.0. The first kappa shape index (κ1) is 19.2. The molecule has 5 heteroatoms. The van der Waals surface area contributed by atoms with Gasteiger partial charge >= 0.3 is 11.9 Å². The highest BCUT2D eigenvalue weighted by molar-refractivity contribution is 5.90. The van der Waals surface area contributed by atoms with Crippen molar-refractivity contribution in [3.8, 4) is 0 Å². The molecule has 2 saturated carbocycles. The summed E-state index contributed by atoms with van der Waals surface area (Å²) >= 11 is 0. The fourth-order valence-electron chi connectivity index (χ4n) is 5.79. The van der Waals surface area contributed by atoms with Crippen molar-refractivity contribution >= 4 is 11.9 Å². The van der Waals surface area contributed by atoms with Crippen LogP contribution in [0, 0.1) is 22.7 Å². The Kier molecular flexibility index (Phi) is 5.04. The summed E-state index contributed by atoms with van der Waals surface area (Å²) in [5.41, 5.74) is 1.11. The highest BCUT2D eigenvalue weighted by atomic mass is 16.7. The lowest BCUT2D eigenvalue weighted by Crippen LogP contribution is -2.53. The van der Waals surface area contributed by atoms with Gasteiger partial charge in [0, 0.05) is 12.7 Å². The van der Waals surface area contributed by atoms with E-state index >= 15 is 0 Å². The normalized spacial score (nSPS) is 40.0. The lowest BCUT2D eigenvalue weighted by molar-refractivity contribution is -0.164. The van der Waals surface area contributed by atoms with Crippen molar-refractivity contribution in [2.24, 2.45) is 22.7 Å². The molecular formula is C21H30O5. The minimum absolute atomic E-state index is 0.0789. The molecule has 1 aliphatic heterocycles. The Hall–Kier alpha value is -1.62. The van der Waals surface area contributed by atoms with Crippen LogP contribution >= 0.6 is 0 Å². The quantitative estimate of drug-likeness (QED) is 0.589. The number of rotatable bonds is 5. The van der Waals surface area contributed by atoms with Crippen LogP contribution in [-0.4, -0.2) is 30.4 Å². The zero-order chi connectivity index (χ0) is 19.1. The summed E-state index contributed by atoms with van der Waals surface area (Å²) in [5.74, 6) is -0.604. The second kappa shape index (κ2) is 6.84. The third-order valence-corrected chi connectivity index (χ3v) is 7.27. The summed E-state index contributed by atoms with van der Waals surface area (Å²) < 4.78 is 10.2. The van der Waals surface area contributed by atoms with E-state index in [1.165, 1.54) is 12.7 Å². The van der Waals surface area contributed by atoms with Gasteiger partial charge in [0.1, 0.15) is 0 Å². The van der Waals surface area contributed by atoms with Crippen molar-refractivity contribution in [3.63, 3.8) is 0 Å². The summed E-state index contributed by atoms with van der Waals surface area (Å²) in [7, 11) is 1.51. The number of carboxylic acid groups (broad SMARTS) is 1. The minimum Gasteiger partial charge on any atom is -0.481 e. The molecule has 1 N–H and O–H groups in total. The number of aliphatic carboxylic acids is 1. The molecule has 5 atom stereocenters. The van der Waals surface area contributed by atoms with Gasteiger partial charge in [0.2, 0.25) is 6.29 Å². The molecule has 0 radical (unpaired) electrons. The van der Waals surface area contributed by atoms with Crippen molar-refractivity contribution in [1.82, 2.24) is 0 Å². The molecule has 0 aromatic heterocycles. The van der Waals surface area contributed by atoms with Gasteiger partial charge in [-0.05, 0) is 68.8 Å². The van der Waals surface area contributed by atoms with Gasteiger partial charge in [-0.25, -0.2) is 4.79 Å². The molecule has 3 aliphatic rings. The standard InChI is InChI=1S/C21H30O5/c1-13-6-9-16-20(2,10-5-11-21(16,3)19(23)24)15(13)8-7-14-12-17(25-4)26-18(14)22/h12,15-17H,1,5-11H2,2-4H3,(H,23,24)/t15-,16+,17?,20+,21-/m1/s1. The average Bonchev–Trinajstić information content (AvgIpc) is 2.94. The molecule has 0 bridgehead atoms. The van der Waals surface area contributed by atoms with Gasteiger partial charge in [-0.2, -0.15) is 0 Å². The number of carbonyl (C=O) groups is 2. The van der Waals surface area contributed by atoms with Gasteiger partial charge in [-0.1, -0.05) is 25.5 Å². The third kappa shape index (κ3) is 3.00. The first-order valence-corrected chi connectivity index (χ1v) is 9.58. The molecule has 0 aromatic rings. The molecule has 0 amide bonds. The van der Waals surface area contributed by atoms with Crippen LogP contribution in [0.25, 0.3) is 0 Å². The van der Waals surface area contributed by atoms with Gasteiger partial charge in [0.25, 0.3) is 0 Å². The molecule has 1 unspecified atom stereocenters. The lowest BCUT2D eigenvalue weighted by atomic mass is 9.46. The van der Waals surface area contributed by atoms with E-state index in [0.717, 1.165) is 38.5 Å². The predicted octanol–water partition coefficient (Wildman–Crippen LogP) is 4.09. The van der Waals surface area contributed by atoms with Crippen LogP contribution in [0.3, 0.4) is 0 Å². The highest BCUT2D eigenvalue weighted by Gasteiger charge is 2.57. The van der Waals surface area contributed by atoms with Gasteiger partial charge in [-0.3, -0.25) is 4.79 Å². The minimum atomic E-state index is -0.676. The maximum absolute atomic E-state index is 12.0. The number of allylic oxidation sites excluding steroid dienone is 1. The first-order chi connectivity index (χ1) is 12.2. The first-order valence-electron chi connectivity index (χ1n) is 9.58. The number of methoxy groups -OCH3 is 1. The van der Waals surface area contributed by atoms with Crippen LogP contribution in [0.5, 0.6) is 0 Å². The molecule has 1 heterocycles. The number of hydrogen-bond donors (Lipinski definition) is 1. The predicted molar refractivity (Wildman–Crippen MR) is 97.3 cm³/mol. The number of cyclic esters (lactones) is 1. The largest absolute Gasteiger partial charge is 0.481 e. The van der Waals surface area contributed by atoms with E-state index in [4.69, 9.17) is 9.47 Å². The molecule has 2 fully saturated rings. The number of ether oxygens (including phenoxy) is 2. The Morgan fingerprint density at radius 1 is 1.42 bits per heavy atom. The Balaban J connectivity index is 1.81. The summed E-state index contributed by atoms with van der Waals surface area (Å²) in [6.07, 6.45) is 7.05. The number of carboxylic acids is 1. The van der Waals surface area contributed by atoms with Crippen LogP contribution < -0.4 is 0 Å². The smallest absolute Gasteiger partial charge is 0.336 e. The van der Waals surface area contributed by atoms with E-state index in [-0.39, 0.29) is 23.2 Å².